The molecule has 0 spiro atoms. The van der Waals surface area contributed by atoms with E-state index < -0.39 is 10.0 Å². The molecule has 6 nitrogen and oxygen atoms in total. The highest BCUT2D eigenvalue weighted by molar-refractivity contribution is 7.88. The minimum Gasteiger partial charge on any atom is -0.305 e. The zero-order chi connectivity index (χ0) is 21.0. The molecule has 0 unspecified atom stereocenters. The number of hydrogen-bond acceptors (Lipinski definition) is 4. The Labute approximate surface area is 176 Å². The summed E-state index contributed by atoms with van der Waals surface area (Å²) in [5.74, 6) is 2.21. The molecule has 1 fully saturated rings. The molecule has 0 N–H and O–H groups in total. The normalized spacial score (nSPS) is 16.9. The third-order valence-corrected chi connectivity index (χ3v) is 7.64. The van der Waals surface area contributed by atoms with Gasteiger partial charge in [-0.2, -0.15) is 4.99 Å². The molecule has 156 valence electrons. The van der Waals surface area contributed by atoms with E-state index in [1.54, 1.807) is 0 Å². The number of aryl methyl sites for hydroxylation is 1. The summed E-state index contributed by atoms with van der Waals surface area (Å²) in [6.45, 7) is 3.26. The summed E-state index contributed by atoms with van der Waals surface area (Å²) in [5.41, 5.74) is 2.27. The lowest BCUT2D eigenvalue weighted by Gasteiger charge is -2.28. The van der Waals surface area contributed by atoms with E-state index in [4.69, 9.17) is 6.42 Å². The molecule has 0 saturated carbocycles. The average Bonchev–Trinajstić information content (AvgIpc) is 3.02. The number of fused-ring (bicyclic) bond motifs is 1. The van der Waals surface area contributed by atoms with Crippen LogP contribution in [0.1, 0.15) is 38.2 Å². The molecular formula is C21H27N3O3S2. The number of thiazole rings is 1. The van der Waals surface area contributed by atoms with Gasteiger partial charge in [0.2, 0.25) is 10.0 Å². The Bertz CT molecular complexity index is 1100. The number of hydrogen-bond donors (Lipinski definition) is 0. The van der Waals surface area contributed by atoms with Gasteiger partial charge in [-0.15, -0.1) is 6.42 Å². The van der Waals surface area contributed by atoms with Gasteiger partial charge in [0.15, 0.2) is 4.80 Å². The Kier molecular flexibility index (Phi) is 6.93. The number of nitrogens with zero attached hydrogens (tertiary/aromatic N) is 3. The van der Waals surface area contributed by atoms with Crippen LogP contribution in [0.25, 0.3) is 10.2 Å². The predicted octanol–water partition coefficient (Wildman–Crippen LogP) is 2.78. The van der Waals surface area contributed by atoms with Crippen LogP contribution in [0.15, 0.2) is 23.2 Å². The molecular weight excluding hydrogens is 406 g/mol. The van der Waals surface area contributed by atoms with Gasteiger partial charge >= 0.3 is 0 Å². The van der Waals surface area contributed by atoms with Crippen molar-refractivity contribution in [1.82, 2.24) is 8.87 Å². The minimum atomic E-state index is -3.21. The van der Waals surface area contributed by atoms with Crippen LogP contribution < -0.4 is 4.80 Å². The van der Waals surface area contributed by atoms with Gasteiger partial charge in [0.1, 0.15) is 0 Å². The van der Waals surface area contributed by atoms with Gasteiger partial charge in [-0.05, 0) is 43.4 Å². The SMILES string of the molecule is C#CCn1c(=NC(=O)C2CCN(S(C)(=O)=O)CC2)sc2cc(CCCC)ccc21. The summed E-state index contributed by atoms with van der Waals surface area (Å²) >= 11 is 1.48. The Morgan fingerprint density at radius 1 is 1.34 bits per heavy atom. The first-order valence-electron chi connectivity index (χ1n) is 9.93. The van der Waals surface area contributed by atoms with Gasteiger partial charge < -0.3 is 4.57 Å². The number of benzene rings is 1. The summed E-state index contributed by atoms with van der Waals surface area (Å²) in [6, 6.07) is 6.34. The number of aromatic nitrogens is 1. The highest BCUT2D eigenvalue weighted by atomic mass is 32.2. The first kappa shape index (κ1) is 21.8. The zero-order valence-corrected chi connectivity index (χ0v) is 18.6. The second-order valence-electron chi connectivity index (χ2n) is 7.47. The number of rotatable bonds is 6. The first-order valence-corrected chi connectivity index (χ1v) is 12.6. The van der Waals surface area contributed by atoms with Crippen molar-refractivity contribution in [3.8, 4) is 12.3 Å². The van der Waals surface area contributed by atoms with Crippen LogP contribution in [-0.4, -0.2) is 42.5 Å². The lowest BCUT2D eigenvalue weighted by Crippen LogP contribution is -2.39. The minimum absolute atomic E-state index is 0.193. The van der Waals surface area contributed by atoms with Crippen molar-refractivity contribution in [3.05, 3.63) is 28.6 Å². The molecule has 1 amide bonds. The van der Waals surface area contributed by atoms with Gasteiger partial charge in [0.05, 0.1) is 23.0 Å². The summed E-state index contributed by atoms with van der Waals surface area (Å²) in [7, 11) is -3.21. The van der Waals surface area contributed by atoms with Crippen molar-refractivity contribution < 1.29 is 13.2 Å². The second-order valence-corrected chi connectivity index (χ2v) is 10.5. The fraction of sp³-hybridized carbons (Fsp3) is 0.524. The maximum Gasteiger partial charge on any atom is 0.251 e. The van der Waals surface area contributed by atoms with Crippen molar-refractivity contribution in [2.75, 3.05) is 19.3 Å². The van der Waals surface area contributed by atoms with Gasteiger partial charge in [0, 0.05) is 19.0 Å². The topological polar surface area (TPSA) is 71.7 Å². The monoisotopic (exact) mass is 433 g/mol. The smallest absolute Gasteiger partial charge is 0.251 e. The van der Waals surface area contributed by atoms with Crippen molar-refractivity contribution in [2.24, 2.45) is 10.9 Å². The third kappa shape index (κ3) is 5.16. The van der Waals surface area contributed by atoms with E-state index in [9.17, 15) is 13.2 Å². The fourth-order valence-electron chi connectivity index (χ4n) is 3.60. The second kappa shape index (κ2) is 9.24. The van der Waals surface area contributed by atoms with E-state index >= 15 is 0 Å². The number of carbonyl (C=O) groups excluding carboxylic acids is 1. The average molecular weight is 434 g/mol. The van der Waals surface area contributed by atoms with Crippen LogP contribution in [-0.2, 0) is 27.8 Å². The van der Waals surface area contributed by atoms with Crippen LogP contribution >= 0.6 is 11.3 Å². The third-order valence-electron chi connectivity index (χ3n) is 5.29. The molecule has 0 bridgehead atoms. The Morgan fingerprint density at radius 3 is 2.69 bits per heavy atom. The van der Waals surface area contributed by atoms with Crippen molar-refractivity contribution >= 4 is 37.5 Å². The molecule has 0 radical (unpaired) electrons. The van der Waals surface area contributed by atoms with Gasteiger partial charge in [0.25, 0.3) is 5.91 Å². The van der Waals surface area contributed by atoms with Crippen LogP contribution in [0.4, 0.5) is 0 Å². The lowest BCUT2D eigenvalue weighted by molar-refractivity contribution is -0.122. The van der Waals surface area contributed by atoms with Crippen LogP contribution in [0.2, 0.25) is 0 Å². The molecule has 0 atom stereocenters. The van der Waals surface area contributed by atoms with E-state index in [0.29, 0.717) is 37.3 Å². The van der Waals surface area contributed by atoms with E-state index in [1.807, 2.05) is 4.57 Å². The highest BCUT2D eigenvalue weighted by Crippen LogP contribution is 2.22. The number of terminal acetylenes is 1. The summed E-state index contributed by atoms with van der Waals surface area (Å²) in [6.07, 6.45) is 11.1. The summed E-state index contributed by atoms with van der Waals surface area (Å²) < 4.78 is 27.7. The quantitative estimate of drug-likeness (QED) is 0.658. The number of sulfonamides is 1. The molecule has 3 rings (SSSR count). The number of unbranched alkanes of at least 4 members (excludes halogenated alkanes) is 1. The largest absolute Gasteiger partial charge is 0.305 e. The molecule has 2 heterocycles. The first-order chi connectivity index (χ1) is 13.8. The Balaban J connectivity index is 1.87. The number of carbonyl (C=O) groups is 1. The fourth-order valence-corrected chi connectivity index (χ4v) is 5.58. The van der Waals surface area contributed by atoms with Crippen LogP contribution in [0, 0.1) is 18.3 Å². The van der Waals surface area contributed by atoms with E-state index in [0.717, 1.165) is 29.5 Å². The molecule has 1 saturated heterocycles. The molecule has 1 aliphatic heterocycles. The standard InChI is InChI=1S/C21H27N3O3S2/c1-4-6-7-16-8-9-18-19(15-16)28-21(24(18)12-5-2)22-20(25)17-10-13-23(14-11-17)29(3,26)27/h2,8-9,15,17H,4,6-7,10-14H2,1,3H3. The highest BCUT2D eigenvalue weighted by Gasteiger charge is 2.28. The van der Waals surface area contributed by atoms with Gasteiger partial charge in [-0.3, -0.25) is 4.79 Å². The summed E-state index contributed by atoms with van der Waals surface area (Å²) in [5, 5.41) is 0. The molecule has 8 heteroatoms. The van der Waals surface area contributed by atoms with E-state index in [-0.39, 0.29) is 11.8 Å². The maximum absolute atomic E-state index is 12.8. The molecule has 0 aliphatic carbocycles. The van der Waals surface area contributed by atoms with E-state index in [1.165, 1.54) is 27.5 Å². The van der Waals surface area contributed by atoms with E-state index in [2.05, 4.69) is 36.0 Å². The summed E-state index contributed by atoms with van der Waals surface area (Å²) in [4.78, 5) is 17.8. The van der Waals surface area contributed by atoms with Gasteiger partial charge in [-0.25, -0.2) is 12.7 Å². The van der Waals surface area contributed by atoms with Crippen LogP contribution in [0.3, 0.4) is 0 Å². The molecule has 2 aromatic rings. The van der Waals surface area contributed by atoms with Crippen molar-refractivity contribution in [2.45, 2.75) is 45.6 Å². The lowest BCUT2D eigenvalue weighted by atomic mass is 9.98. The van der Waals surface area contributed by atoms with Crippen molar-refractivity contribution in [3.63, 3.8) is 0 Å². The molecule has 1 aromatic carbocycles. The maximum atomic E-state index is 12.8. The van der Waals surface area contributed by atoms with Crippen molar-refractivity contribution in [1.29, 1.82) is 0 Å². The van der Waals surface area contributed by atoms with Gasteiger partial charge in [-0.1, -0.05) is 36.7 Å². The zero-order valence-electron chi connectivity index (χ0n) is 16.9. The van der Waals surface area contributed by atoms with Crippen LogP contribution in [0.5, 0.6) is 0 Å². The predicted molar refractivity (Wildman–Crippen MR) is 117 cm³/mol. The Morgan fingerprint density at radius 2 is 2.07 bits per heavy atom. The molecule has 1 aromatic heterocycles. The molecule has 29 heavy (non-hydrogen) atoms. The molecule has 1 aliphatic rings. The number of piperidine rings is 1. The number of amides is 1. The Hall–Kier alpha value is -1.95.